The lowest BCUT2D eigenvalue weighted by molar-refractivity contribution is -0.274. The van der Waals surface area contributed by atoms with E-state index in [1.165, 1.54) is 12.1 Å². The van der Waals surface area contributed by atoms with Crippen molar-refractivity contribution in [1.29, 1.82) is 0 Å². The number of benzene rings is 1. The second-order valence-corrected chi connectivity index (χ2v) is 3.49. The number of unbranched alkanes of at least 4 members (excludes halogenated alkanes) is 1. The fourth-order valence-electron chi connectivity index (χ4n) is 1.28. The summed E-state index contributed by atoms with van der Waals surface area (Å²) in [5.41, 5.74) is 6.10. The molecule has 0 bridgehead atoms. The monoisotopic (exact) mass is 248 g/mol. The number of hydrogen-bond donors (Lipinski definition) is 2. The molecule has 0 aromatic heterocycles. The first-order valence-corrected chi connectivity index (χ1v) is 5.31. The minimum atomic E-state index is -4.64. The van der Waals surface area contributed by atoms with E-state index in [0.29, 0.717) is 6.54 Å². The van der Waals surface area contributed by atoms with Gasteiger partial charge in [-0.15, -0.1) is 13.2 Å². The van der Waals surface area contributed by atoms with Gasteiger partial charge in [0.2, 0.25) is 0 Å². The van der Waals surface area contributed by atoms with Crippen LogP contribution >= 0.6 is 0 Å². The molecule has 3 nitrogen and oxygen atoms in total. The Bertz CT molecular complexity index is 324. The van der Waals surface area contributed by atoms with E-state index in [0.717, 1.165) is 25.1 Å². The quantitative estimate of drug-likeness (QED) is 0.761. The van der Waals surface area contributed by atoms with Crippen LogP contribution in [0.15, 0.2) is 24.3 Å². The number of anilines is 1. The predicted octanol–water partition coefficient (Wildman–Crippen LogP) is 2.74. The Morgan fingerprint density at radius 1 is 1.12 bits per heavy atom. The molecular weight excluding hydrogens is 233 g/mol. The topological polar surface area (TPSA) is 47.3 Å². The van der Waals surface area contributed by atoms with Crippen molar-refractivity contribution >= 4 is 5.69 Å². The molecule has 0 radical (unpaired) electrons. The van der Waals surface area contributed by atoms with Crippen LogP contribution in [0.5, 0.6) is 5.75 Å². The number of nitrogens with two attached hydrogens (primary N) is 1. The molecule has 0 saturated heterocycles. The molecule has 1 rings (SSSR count). The average molecular weight is 248 g/mol. The smallest absolute Gasteiger partial charge is 0.406 e. The van der Waals surface area contributed by atoms with E-state index < -0.39 is 6.36 Å². The fourth-order valence-corrected chi connectivity index (χ4v) is 1.28. The van der Waals surface area contributed by atoms with Crippen molar-refractivity contribution in [1.82, 2.24) is 0 Å². The SMILES string of the molecule is NCCCCNc1ccc(OC(F)(F)F)cc1. The zero-order chi connectivity index (χ0) is 12.7. The van der Waals surface area contributed by atoms with Crippen molar-refractivity contribution in [2.24, 2.45) is 5.73 Å². The third-order valence-electron chi connectivity index (χ3n) is 2.05. The van der Waals surface area contributed by atoms with Gasteiger partial charge in [-0.2, -0.15) is 0 Å². The first-order valence-electron chi connectivity index (χ1n) is 5.31. The molecule has 0 aliphatic heterocycles. The van der Waals surface area contributed by atoms with Crippen LogP contribution in [0.3, 0.4) is 0 Å². The number of ether oxygens (including phenoxy) is 1. The van der Waals surface area contributed by atoms with E-state index in [1.54, 1.807) is 12.1 Å². The van der Waals surface area contributed by atoms with Gasteiger partial charge in [-0.25, -0.2) is 0 Å². The Morgan fingerprint density at radius 3 is 2.29 bits per heavy atom. The van der Waals surface area contributed by atoms with Crippen molar-refractivity contribution in [3.8, 4) is 5.75 Å². The molecule has 0 unspecified atom stereocenters. The summed E-state index contributed by atoms with van der Waals surface area (Å²) in [6.45, 7) is 1.39. The van der Waals surface area contributed by atoms with Crippen molar-refractivity contribution in [3.63, 3.8) is 0 Å². The molecule has 0 spiro atoms. The third kappa shape index (κ3) is 6.01. The van der Waals surface area contributed by atoms with Crippen LogP contribution in [0.25, 0.3) is 0 Å². The van der Waals surface area contributed by atoms with Gasteiger partial charge in [0.1, 0.15) is 5.75 Å². The molecule has 0 aliphatic rings. The molecule has 0 fully saturated rings. The third-order valence-corrected chi connectivity index (χ3v) is 2.05. The Morgan fingerprint density at radius 2 is 1.76 bits per heavy atom. The van der Waals surface area contributed by atoms with E-state index in [4.69, 9.17) is 5.73 Å². The number of nitrogens with one attached hydrogen (secondary N) is 1. The van der Waals surface area contributed by atoms with E-state index >= 15 is 0 Å². The summed E-state index contributed by atoms with van der Waals surface area (Å²) in [5.74, 6) is -0.218. The van der Waals surface area contributed by atoms with E-state index in [9.17, 15) is 13.2 Å². The second-order valence-electron chi connectivity index (χ2n) is 3.49. The minimum absolute atomic E-state index is 0.218. The zero-order valence-electron chi connectivity index (χ0n) is 9.26. The molecule has 0 saturated carbocycles. The fraction of sp³-hybridized carbons (Fsp3) is 0.455. The molecule has 0 atom stereocenters. The Balaban J connectivity index is 2.39. The highest BCUT2D eigenvalue weighted by atomic mass is 19.4. The maximum atomic E-state index is 11.9. The van der Waals surface area contributed by atoms with E-state index in [2.05, 4.69) is 10.1 Å². The summed E-state index contributed by atoms with van der Waals surface area (Å²) in [6.07, 6.45) is -2.80. The summed E-state index contributed by atoms with van der Waals surface area (Å²) in [5, 5.41) is 3.08. The molecule has 96 valence electrons. The van der Waals surface area contributed by atoms with Gasteiger partial charge in [-0.3, -0.25) is 0 Å². The second kappa shape index (κ2) is 6.34. The molecular formula is C11H15F3N2O. The highest BCUT2D eigenvalue weighted by Crippen LogP contribution is 2.23. The van der Waals surface area contributed by atoms with Gasteiger partial charge in [0.05, 0.1) is 0 Å². The first kappa shape index (κ1) is 13.6. The molecule has 1 aromatic carbocycles. The van der Waals surface area contributed by atoms with Crippen molar-refractivity contribution < 1.29 is 17.9 Å². The summed E-state index contributed by atoms with van der Waals surface area (Å²) < 4.78 is 39.4. The van der Waals surface area contributed by atoms with Crippen molar-refractivity contribution in [3.05, 3.63) is 24.3 Å². The van der Waals surface area contributed by atoms with Crippen LogP contribution in [0.2, 0.25) is 0 Å². The van der Waals surface area contributed by atoms with Crippen LogP contribution in [-0.4, -0.2) is 19.5 Å². The Hall–Kier alpha value is -1.43. The highest BCUT2D eigenvalue weighted by molar-refractivity contribution is 5.46. The summed E-state index contributed by atoms with van der Waals surface area (Å²) in [7, 11) is 0. The number of hydrogen-bond acceptors (Lipinski definition) is 3. The largest absolute Gasteiger partial charge is 0.573 e. The number of rotatable bonds is 6. The van der Waals surface area contributed by atoms with Crippen LogP contribution < -0.4 is 15.8 Å². The molecule has 0 heterocycles. The maximum Gasteiger partial charge on any atom is 0.573 e. The molecule has 0 aliphatic carbocycles. The predicted molar refractivity (Wildman–Crippen MR) is 59.9 cm³/mol. The van der Waals surface area contributed by atoms with E-state index in [-0.39, 0.29) is 5.75 Å². The number of halogens is 3. The molecule has 0 amide bonds. The van der Waals surface area contributed by atoms with Crippen molar-refractivity contribution in [2.75, 3.05) is 18.4 Å². The zero-order valence-corrected chi connectivity index (χ0v) is 9.26. The van der Waals surface area contributed by atoms with Gasteiger partial charge >= 0.3 is 6.36 Å². The molecule has 6 heteroatoms. The van der Waals surface area contributed by atoms with Gasteiger partial charge in [0, 0.05) is 12.2 Å². The van der Waals surface area contributed by atoms with E-state index in [1.807, 2.05) is 0 Å². The Kier molecular flexibility index (Phi) is 5.09. The van der Waals surface area contributed by atoms with Gasteiger partial charge in [0.25, 0.3) is 0 Å². The summed E-state index contributed by atoms with van der Waals surface area (Å²) in [6, 6.07) is 5.64. The minimum Gasteiger partial charge on any atom is -0.406 e. The molecule has 17 heavy (non-hydrogen) atoms. The first-order chi connectivity index (χ1) is 8.01. The lowest BCUT2D eigenvalue weighted by Gasteiger charge is -2.10. The molecule has 3 N–H and O–H groups in total. The van der Waals surface area contributed by atoms with Crippen LogP contribution in [0.4, 0.5) is 18.9 Å². The summed E-state index contributed by atoms with van der Waals surface area (Å²) >= 11 is 0. The van der Waals surface area contributed by atoms with Gasteiger partial charge < -0.3 is 15.8 Å². The standard InChI is InChI=1S/C11H15F3N2O/c12-11(13,14)17-10-5-3-9(4-6-10)16-8-2-1-7-15/h3-6,16H,1-2,7-8,15H2. The highest BCUT2D eigenvalue weighted by Gasteiger charge is 2.30. The normalized spacial score (nSPS) is 11.3. The van der Waals surface area contributed by atoms with Crippen molar-refractivity contribution in [2.45, 2.75) is 19.2 Å². The number of alkyl halides is 3. The lowest BCUT2D eigenvalue weighted by Crippen LogP contribution is -2.17. The maximum absolute atomic E-state index is 11.9. The molecule has 1 aromatic rings. The van der Waals surface area contributed by atoms with Crippen LogP contribution in [-0.2, 0) is 0 Å². The average Bonchev–Trinajstić information content (AvgIpc) is 2.25. The van der Waals surface area contributed by atoms with Crippen LogP contribution in [0, 0.1) is 0 Å². The van der Waals surface area contributed by atoms with Gasteiger partial charge in [-0.05, 0) is 43.7 Å². The Labute approximate surface area is 97.8 Å². The van der Waals surface area contributed by atoms with Crippen LogP contribution in [0.1, 0.15) is 12.8 Å². The van der Waals surface area contributed by atoms with Gasteiger partial charge in [0.15, 0.2) is 0 Å². The lowest BCUT2D eigenvalue weighted by atomic mass is 10.2. The summed E-state index contributed by atoms with van der Waals surface area (Å²) in [4.78, 5) is 0. The van der Waals surface area contributed by atoms with Gasteiger partial charge in [-0.1, -0.05) is 0 Å².